The number of aromatic nitrogens is 3. The molecular weight excluding hydrogens is 506 g/mol. The standard InChI is InChI=1S/C36H21N3S/c1-2-10-22(11-3-1)35-25-13-4-7-15-29(25)37-36(38-35)39-30-16-8-5-14-26(30)34-27-21-33-28(20-23(27)18-19-31(34)39)24-12-6-9-17-32(24)40-33/h1-21H. The Labute approximate surface area is 233 Å². The van der Waals surface area contributed by atoms with Gasteiger partial charge in [0.2, 0.25) is 5.95 Å². The van der Waals surface area contributed by atoms with Crippen LogP contribution in [0.5, 0.6) is 0 Å². The minimum atomic E-state index is 0.686. The van der Waals surface area contributed by atoms with Crippen LogP contribution in [0.1, 0.15) is 0 Å². The van der Waals surface area contributed by atoms with E-state index in [0.29, 0.717) is 5.95 Å². The van der Waals surface area contributed by atoms with Gasteiger partial charge < -0.3 is 0 Å². The summed E-state index contributed by atoms with van der Waals surface area (Å²) in [4.78, 5) is 10.3. The van der Waals surface area contributed by atoms with Crippen LogP contribution in [0.25, 0.3) is 80.9 Å². The summed E-state index contributed by atoms with van der Waals surface area (Å²) >= 11 is 1.86. The number of para-hydroxylation sites is 2. The predicted molar refractivity (Wildman–Crippen MR) is 170 cm³/mol. The molecule has 0 fully saturated rings. The van der Waals surface area contributed by atoms with Crippen molar-refractivity contribution in [1.82, 2.24) is 14.5 Å². The molecule has 4 heteroatoms. The highest BCUT2D eigenvalue weighted by atomic mass is 32.1. The van der Waals surface area contributed by atoms with E-state index in [-0.39, 0.29) is 0 Å². The molecule has 0 bridgehead atoms. The van der Waals surface area contributed by atoms with Crippen molar-refractivity contribution in [2.75, 3.05) is 0 Å². The smallest absolute Gasteiger partial charge is 0.235 e. The molecule has 0 atom stereocenters. The largest absolute Gasteiger partial charge is 0.278 e. The lowest BCUT2D eigenvalue weighted by Crippen LogP contribution is -2.03. The lowest BCUT2D eigenvalue weighted by atomic mass is 10.0. The van der Waals surface area contributed by atoms with E-state index in [1.54, 1.807) is 0 Å². The SMILES string of the molecule is c1ccc(-c2nc(-n3c4ccccc4c4c5cc6sc7ccccc7c6cc5ccc43)nc3ccccc23)cc1. The predicted octanol–water partition coefficient (Wildman–Crippen LogP) is 9.91. The molecule has 3 heterocycles. The average molecular weight is 528 g/mol. The molecule has 9 aromatic rings. The molecule has 6 aromatic carbocycles. The molecule has 3 nitrogen and oxygen atoms in total. The molecule has 0 unspecified atom stereocenters. The molecule has 186 valence electrons. The minimum Gasteiger partial charge on any atom is -0.278 e. The Morgan fingerprint density at radius 2 is 1.25 bits per heavy atom. The second-order valence-electron chi connectivity index (χ2n) is 10.2. The quantitative estimate of drug-likeness (QED) is 0.224. The first kappa shape index (κ1) is 21.8. The Hall–Kier alpha value is -5.06. The van der Waals surface area contributed by atoms with Gasteiger partial charge in [-0.25, -0.2) is 9.97 Å². The van der Waals surface area contributed by atoms with Gasteiger partial charge in [-0.15, -0.1) is 11.3 Å². The van der Waals surface area contributed by atoms with E-state index in [4.69, 9.17) is 9.97 Å². The maximum Gasteiger partial charge on any atom is 0.235 e. The Morgan fingerprint density at radius 3 is 2.15 bits per heavy atom. The van der Waals surface area contributed by atoms with Crippen molar-refractivity contribution in [2.45, 2.75) is 0 Å². The van der Waals surface area contributed by atoms with Crippen molar-refractivity contribution < 1.29 is 0 Å². The first-order valence-electron chi connectivity index (χ1n) is 13.4. The number of thiophene rings is 1. The van der Waals surface area contributed by atoms with E-state index in [1.807, 2.05) is 23.5 Å². The third-order valence-corrected chi connectivity index (χ3v) is 9.12. The first-order valence-corrected chi connectivity index (χ1v) is 14.2. The van der Waals surface area contributed by atoms with Gasteiger partial charge in [-0.1, -0.05) is 91.0 Å². The summed E-state index contributed by atoms with van der Waals surface area (Å²) in [5.74, 6) is 0.686. The third kappa shape index (κ3) is 3.05. The lowest BCUT2D eigenvalue weighted by Gasteiger charge is -2.12. The zero-order valence-electron chi connectivity index (χ0n) is 21.4. The van der Waals surface area contributed by atoms with Crippen LogP contribution < -0.4 is 0 Å². The maximum absolute atomic E-state index is 5.23. The highest BCUT2D eigenvalue weighted by molar-refractivity contribution is 7.25. The number of fused-ring (bicyclic) bond motifs is 9. The molecule has 0 N–H and O–H groups in total. The molecule has 0 radical (unpaired) electrons. The van der Waals surface area contributed by atoms with Gasteiger partial charge in [0.1, 0.15) is 0 Å². The van der Waals surface area contributed by atoms with Crippen molar-refractivity contribution in [3.63, 3.8) is 0 Å². The summed E-state index contributed by atoms with van der Waals surface area (Å²) in [5, 5.41) is 8.65. The molecule has 3 aromatic heterocycles. The molecule has 9 rings (SSSR count). The fraction of sp³-hybridized carbons (Fsp3) is 0. The summed E-state index contributed by atoms with van der Waals surface area (Å²) in [6.07, 6.45) is 0. The van der Waals surface area contributed by atoms with Gasteiger partial charge >= 0.3 is 0 Å². The second kappa shape index (κ2) is 8.22. The van der Waals surface area contributed by atoms with E-state index in [9.17, 15) is 0 Å². The van der Waals surface area contributed by atoms with Crippen LogP contribution in [0.15, 0.2) is 127 Å². The Morgan fingerprint density at radius 1 is 0.500 bits per heavy atom. The van der Waals surface area contributed by atoms with Gasteiger partial charge in [0, 0.05) is 41.9 Å². The molecule has 0 aliphatic heterocycles. The normalized spacial score (nSPS) is 12.0. The van der Waals surface area contributed by atoms with Crippen LogP contribution in [0.4, 0.5) is 0 Å². The number of hydrogen-bond donors (Lipinski definition) is 0. The van der Waals surface area contributed by atoms with Crippen LogP contribution in [-0.4, -0.2) is 14.5 Å². The number of rotatable bonds is 2. The highest BCUT2D eigenvalue weighted by Crippen LogP contribution is 2.41. The average Bonchev–Trinajstić information content (AvgIpc) is 3.55. The van der Waals surface area contributed by atoms with Crippen molar-refractivity contribution in [3.05, 3.63) is 127 Å². The van der Waals surface area contributed by atoms with Crippen molar-refractivity contribution in [1.29, 1.82) is 0 Å². The second-order valence-corrected chi connectivity index (χ2v) is 11.3. The minimum absolute atomic E-state index is 0.686. The molecule has 0 amide bonds. The van der Waals surface area contributed by atoms with Crippen molar-refractivity contribution in [2.24, 2.45) is 0 Å². The third-order valence-electron chi connectivity index (χ3n) is 7.99. The van der Waals surface area contributed by atoms with E-state index in [1.165, 1.54) is 41.7 Å². The van der Waals surface area contributed by atoms with Crippen LogP contribution >= 0.6 is 11.3 Å². The van der Waals surface area contributed by atoms with Crippen LogP contribution in [-0.2, 0) is 0 Å². The molecule has 0 aliphatic carbocycles. The molecular formula is C36H21N3S. The van der Waals surface area contributed by atoms with Gasteiger partial charge in [0.15, 0.2) is 0 Å². The molecule has 0 saturated heterocycles. The van der Waals surface area contributed by atoms with Gasteiger partial charge in [-0.2, -0.15) is 0 Å². The Bertz CT molecular complexity index is 2430. The molecule has 0 spiro atoms. The molecule has 40 heavy (non-hydrogen) atoms. The van der Waals surface area contributed by atoms with E-state index in [0.717, 1.165) is 33.2 Å². The summed E-state index contributed by atoms with van der Waals surface area (Å²) in [6.45, 7) is 0. The van der Waals surface area contributed by atoms with Crippen molar-refractivity contribution >= 4 is 75.0 Å². The molecule has 0 saturated carbocycles. The van der Waals surface area contributed by atoms with Crippen LogP contribution in [0, 0.1) is 0 Å². The van der Waals surface area contributed by atoms with E-state index in [2.05, 4.69) is 120 Å². The number of benzene rings is 6. The van der Waals surface area contributed by atoms with E-state index < -0.39 is 0 Å². The zero-order valence-corrected chi connectivity index (χ0v) is 22.2. The lowest BCUT2D eigenvalue weighted by molar-refractivity contribution is 1.01. The number of nitrogens with zero attached hydrogens (tertiary/aromatic N) is 3. The van der Waals surface area contributed by atoms with Gasteiger partial charge in [0.05, 0.1) is 22.2 Å². The fourth-order valence-corrected chi connectivity index (χ4v) is 7.33. The van der Waals surface area contributed by atoms with Crippen LogP contribution in [0.3, 0.4) is 0 Å². The summed E-state index contributed by atoms with van der Waals surface area (Å²) in [6, 6.07) is 45.2. The summed E-state index contributed by atoms with van der Waals surface area (Å²) in [5.41, 5.74) is 5.19. The fourth-order valence-electron chi connectivity index (χ4n) is 6.21. The topological polar surface area (TPSA) is 30.7 Å². The van der Waals surface area contributed by atoms with Crippen molar-refractivity contribution in [3.8, 4) is 17.2 Å². The van der Waals surface area contributed by atoms with Gasteiger partial charge in [0.25, 0.3) is 0 Å². The van der Waals surface area contributed by atoms with E-state index >= 15 is 0 Å². The zero-order chi connectivity index (χ0) is 26.2. The molecule has 0 aliphatic rings. The van der Waals surface area contributed by atoms with Gasteiger partial charge in [-0.3, -0.25) is 4.57 Å². The maximum atomic E-state index is 5.23. The van der Waals surface area contributed by atoms with Crippen LogP contribution in [0.2, 0.25) is 0 Å². The van der Waals surface area contributed by atoms with Gasteiger partial charge in [-0.05, 0) is 47.2 Å². The monoisotopic (exact) mass is 527 g/mol. The Kier molecular flexibility index (Phi) is 4.48. The summed E-state index contributed by atoms with van der Waals surface area (Å²) < 4.78 is 4.87. The summed E-state index contributed by atoms with van der Waals surface area (Å²) in [7, 11) is 0. The highest BCUT2D eigenvalue weighted by Gasteiger charge is 2.19. The first-order chi connectivity index (χ1) is 19.8. The number of hydrogen-bond acceptors (Lipinski definition) is 3. The Balaban J connectivity index is 1.41.